The summed E-state index contributed by atoms with van der Waals surface area (Å²) in [7, 11) is 0. The molecule has 0 amide bonds. The van der Waals surface area contributed by atoms with Crippen LogP contribution in [0.5, 0.6) is 0 Å². The van der Waals surface area contributed by atoms with Crippen LogP contribution in [0.15, 0.2) is 0 Å². The molecule has 0 aliphatic carbocycles. The Morgan fingerprint density at radius 1 is 1.27 bits per heavy atom. The van der Waals surface area contributed by atoms with Crippen LogP contribution in [0.4, 0.5) is 0 Å². The minimum absolute atomic E-state index is 0.374. The van der Waals surface area contributed by atoms with Crippen molar-refractivity contribution in [3.8, 4) is 0 Å². The lowest BCUT2D eigenvalue weighted by molar-refractivity contribution is -0.139. The van der Waals surface area contributed by atoms with Crippen molar-refractivity contribution in [2.24, 2.45) is 5.92 Å². The minimum atomic E-state index is -0.733. The molecule has 2 unspecified atom stereocenters. The van der Waals surface area contributed by atoms with Crippen molar-refractivity contribution in [1.29, 1.82) is 0 Å². The molecule has 0 aliphatic rings. The Kier molecular flexibility index (Phi) is 8.38. The molecule has 0 saturated heterocycles. The van der Waals surface area contributed by atoms with Crippen molar-refractivity contribution >= 4 is 5.97 Å². The van der Waals surface area contributed by atoms with E-state index in [1.165, 1.54) is 19.3 Å². The number of rotatable bonds is 9. The Hall–Kier alpha value is -0.570. The van der Waals surface area contributed by atoms with Gasteiger partial charge in [-0.05, 0) is 25.3 Å². The fraction of sp³-hybridized carbons (Fsp3) is 0.917. The molecule has 90 valence electrons. The van der Waals surface area contributed by atoms with Crippen molar-refractivity contribution < 1.29 is 9.90 Å². The van der Waals surface area contributed by atoms with Crippen LogP contribution >= 0.6 is 0 Å². The number of aliphatic carboxylic acids is 1. The SMILES string of the molecule is CCCCC(CC)CNC(CC)C(=O)O. The van der Waals surface area contributed by atoms with Crippen LogP contribution in [0.3, 0.4) is 0 Å². The quantitative estimate of drug-likeness (QED) is 0.621. The summed E-state index contributed by atoms with van der Waals surface area (Å²) in [5.41, 5.74) is 0. The summed E-state index contributed by atoms with van der Waals surface area (Å²) in [5, 5.41) is 12.0. The van der Waals surface area contributed by atoms with Gasteiger partial charge in [-0.25, -0.2) is 0 Å². The molecule has 0 fully saturated rings. The smallest absolute Gasteiger partial charge is 0.320 e. The number of carbonyl (C=O) groups is 1. The van der Waals surface area contributed by atoms with E-state index in [0.29, 0.717) is 12.3 Å². The molecule has 15 heavy (non-hydrogen) atoms. The van der Waals surface area contributed by atoms with Crippen molar-refractivity contribution in [1.82, 2.24) is 5.32 Å². The molecule has 0 aromatic rings. The average molecular weight is 215 g/mol. The van der Waals surface area contributed by atoms with E-state index in [1.807, 2.05) is 6.92 Å². The lowest BCUT2D eigenvalue weighted by Crippen LogP contribution is -2.38. The van der Waals surface area contributed by atoms with Crippen molar-refractivity contribution in [3.05, 3.63) is 0 Å². The van der Waals surface area contributed by atoms with Crippen LogP contribution < -0.4 is 5.32 Å². The molecule has 0 aromatic heterocycles. The molecule has 0 spiro atoms. The van der Waals surface area contributed by atoms with Gasteiger partial charge in [0.15, 0.2) is 0 Å². The van der Waals surface area contributed by atoms with Crippen LogP contribution in [0.1, 0.15) is 52.9 Å². The van der Waals surface area contributed by atoms with Gasteiger partial charge in [0.25, 0.3) is 0 Å². The lowest BCUT2D eigenvalue weighted by atomic mass is 9.99. The largest absolute Gasteiger partial charge is 0.480 e. The molecule has 3 heteroatoms. The third-order valence-electron chi connectivity index (χ3n) is 2.90. The number of hydrogen-bond donors (Lipinski definition) is 2. The summed E-state index contributed by atoms with van der Waals surface area (Å²) in [4.78, 5) is 10.8. The molecule has 2 atom stereocenters. The maximum Gasteiger partial charge on any atom is 0.320 e. The van der Waals surface area contributed by atoms with E-state index in [2.05, 4.69) is 19.2 Å². The second-order valence-corrected chi connectivity index (χ2v) is 4.12. The molecule has 0 rings (SSSR count). The van der Waals surface area contributed by atoms with E-state index in [1.54, 1.807) is 0 Å². The first kappa shape index (κ1) is 14.4. The first-order valence-electron chi connectivity index (χ1n) is 6.11. The summed E-state index contributed by atoms with van der Waals surface area (Å²) < 4.78 is 0. The predicted molar refractivity (Wildman–Crippen MR) is 63.0 cm³/mol. The first-order valence-corrected chi connectivity index (χ1v) is 6.11. The Morgan fingerprint density at radius 2 is 1.93 bits per heavy atom. The number of nitrogens with one attached hydrogen (secondary N) is 1. The monoisotopic (exact) mass is 215 g/mol. The zero-order chi connectivity index (χ0) is 11.7. The van der Waals surface area contributed by atoms with Gasteiger partial charge in [0.2, 0.25) is 0 Å². The van der Waals surface area contributed by atoms with E-state index < -0.39 is 5.97 Å². The number of carboxylic acids is 1. The van der Waals surface area contributed by atoms with Gasteiger partial charge in [-0.3, -0.25) is 4.79 Å². The third-order valence-corrected chi connectivity index (χ3v) is 2.90. The minimum Gasteiger partial charge on any atom is -0.480 e. The topological polar surface area (TPSA) is 49.3 Å². The molecule has 0 radical (unpaired) electrons. The zero-order valence-electron chi connectivity index (χ0n) is 10.3. The van der Waals surface area contributed by atoms with E-state index in [-0.39, 0.29) is 6.04 Å². The standard InChI is InChI=1S/C12H25NO2/c1-4-7-8-10(5-2)9-13-11(6-3)12(14)15/h10-11,13H,4-9H2,1-3H3,(H,14,15). The van der Waals surface area contributed by atoms with Crippen LogP contribution in [-0.4, -0.2) is 23.7 Å². The summed E-state index contributed by atoms with van der Waals surface area (Å²) in [5.74, 6) is -0.110. The van der Waals surface area contributed by atoms with Crippen LogP contribution in [0.25, 0.3) is 0 Å². The van der Waals surface area contributed by atoms with Crippen molar-refractivity contribution in [2.45, 2.75) is 58.9 Å². The summed E-state index contributed by atoms with van der Waals surface area (Å²) in [6, 6.07) is -0.374. The van der Waals surface area contributed by atoms with Crippen molar-refractivity contribution in [2.75, 3.05) is 6.54 Å². The van der Waals surface area contributed by atoms with E-state index >= 15 is 0 Å². The Balaban J connectivity index is 3.81. The lowest BCUT2D eigenvalue weighted by Gasteiger charge is -2.18. The Bertz CT molecular complexity index is 171. The highest BCUT2D eigenvalue weighted by Crippen LogP contribution is 2.11. The molecule has 0 heterocycles. The maximum absolute atomic E-state index is 10.8. The average Bonchev–Trinajstić information content (AvgIpc) is 2.23. The molecule has 2 N–H and O–H groups in total. The van der Waals surface area contributed by atoms with Gasteiger partial charge in [-0.2, -0.15) is 0 Å². The predicted octanol–water partition coefficient (Wildman–Crippen LogP) is 2.66. The first-order chi connectivity index (χ1) is 7.15. The van der Waals surface area contributed by atoms with Crippen LogP contribution in [-0.2, 0) is 4.79 Å². The van der Waals surface area contributed by atoms with E-state index in [4.69, 9.17) is 5.11 Å². The van der Waals surface area contributed by atoms with E-state index in [9.17, 15) is 4.79 Å². The fourth-order valence-corrected chi connectivity index (χ4v) is 1.66. The van der Waals surface area contributed by atoms with Gasteiger partial charge in [0, 0.05) is 0 Å². The highest BCUT2D eigenvalue weighted by Gasteiger charge is 2.15. The zero-order valence-corrected chi connectivity index (χ0v) is 10.3. The van der Waals surface area contributed by atoms with Crippen LogP contribution in [0, 0.1) is 5.92 Å². The van der Waals surface area contributed by atoms with E-state index in [0.717, 1.165) is 13.0 Å². The van der Waals surface area contributed by atoms with Crippen molar-refractivity contribution in [3.63, 3.8) is 0 Å². The number of unbranched alkanes of at least 4 members (excludes halogenated alkanes) is 1. The molecule has 0 saturated carbocycles. The molecule has 3 nitrogen and oxygen atoms in total. The molecule has 0 bridgehead atoms. The highest BCUT2D eigenvalue weighted by molar-refractivity contribution is 5.73. The highest BCUT2D eigenvalue weighted by atomic mass is 16.4. The number of carboxylic acid groups (broad SMARTS) is 1. The Labute approximate surface area is 93.3 Å². The van der Waals surface area contributed by atoms with Gasteiger partial charge in [0.1, 0.15) is 6.04 Å². The summed E-state index contributed by atoms with van der Waals surface area (Å²) in [6.45, 7) is 7.09. The maximum atomic E-state index is 10.8. The second-order valence-electron chi connectivity index (χ2n) is 4.12. The van der Waals surface area contributed by atoms with Gasteiger partial charge in [0.05, 0.1) is 0 Å². The fourth-order valence-electron chi connectivity index (χ4n) is 1.66. The Morgan fingerprint density at radius 3 is 2.33 bits per heavy atom. The summed E-state index contributed by atoms with van der Waals surface area (Å²) in [6.07, 6.45) is 5.44. The summed E-state index contributed by atoms with van der Waals surface area (Å²) >= 11 is 0. The van der Waals surface area contributed by atoms with Gasteiger partial charge >= 0.3 is 5.97 Å². The van der Waals surface area contributed by atoms with Gasteiger partial charge in [-0.1, -0.05) is 40.0 Å². The molecular weight excluding hydrogens is 190 g/mol. The molecule has 0 aromatic carbocycles. The third kappa shape index (κ3) is 6.50. The molecule has 0 aliphatic heterocycles. The van der Waals surface area contributed by atoms with Gasteiger partial charge < -0.3 is 10.4 Å². The normalized spacial score (nSPS) is 14.9. The van der Waals surface area contributed by atoms with Gasteiger partial charge in [-0.15, -0.1) is 0 Å². The second kappa shape index (κ2) is 8.72. The number of hydrogen-bond acceptors (Lipinski definition) is 2. The molecular formula is C12H25NO2. The van der Waals surface area contributed by atoms with Crippen LogP contribution in [0.2, 0.25) is 0 Å².